The first kappa shape index (κ1) is 16.5. The lowest BCUT2D eigenvalue weighted by molar-refractivity contribution is -0.133. The summed E-state index contributed by atoms with van der Waals surface area (Å²) in [4.78, 5) is 21.8. The van der Waals surface area contributed by atoms with Crippen molar-refractivity contribution in [1.82, 2.24) is 20.0 Å². The molecule has 0 spiro atoms. The number of aromatic nitrogens is 3. The van der Waals surface area contributed by atoms with E-state index in [1.165, 1.54) is 12.1 Å². The Labute approximate surface area is 138 Å². The van der Waals surface area contributed by atoms with Crippen molar-refractivity contribution in [2.45, 2.75) is 25.7 Å². The van der Waals surface area contributed by atoms with E-state index in [2.05, 4.69) is 15.1 Å². The van der Waals surface area contributed by atoms with Crippen molar-refractivity contribution in [1.29, 1.82) is 0 Å². The molecule has 0 unspecified atom stereocenters. The van der Waals surface area contributed by atoms with E-state index in [1.54, 1.807) is 4.90 Å². The molecule has 2 aromatic heterocycles. The van der Waals surface area contributed by atoms with E-state index < -0.39 is 5.82 Å². The predicted molar refractivity (Wildman–Crippen MR) is 82.2 cm³/mol. The number of carbonyl (C=O) groups is 1. The maximum atomic E-state index is 12.9. The first-order valence-electron chi connectivity index (χ1n) is 7.99. The highest BCUT2D eigenvalue weighted by Gasteiger charge is 2.24. The maximum absolute atomic E-state index is 12.9. The molecule has 3 heterocycles. The largest absolute Gasteiger partial charge is 0.396 e. The zero-order chi connectivity index (χ0) is 16.9. The zero-order valence-corrected chi connectivity index (χ0v) is 13.2. The van der Waals surface area contributed by atoms with Crippen molar-refractivity contribution in [3.05, 3.63) is 30.0 Å². The summed E-state index contributed by atoms with van der Waals surface area (Å²) in [5, 5.41) is 12.7. The number of amides is 1. The van der Waals surface area contributed by atoms with Gasteiger partial charge in [0.05, 0.1) is 12.8 Å². The van der Waals surface area contributed by atoms with Crippen molar-refractivity contribution in [2.75, 3.05) is 19.7 Å². The minimum atomic E-state index is -0.412. The minimum absolute atomic E-state index is 0.00147. The standard InChI is InChI=1S/C16H19FN4O3/c17-12-1-2-13(18-10-12)16-19-14(24-20-16)9-11-3-6-21(7-4-11)15(23)5-8-22/h1-2,10-11,22H,3-9H2. The fourth-order valence-corrected chi connectivity index (χ4v) is 2.84. The number of pyridine rings is 1. The number of carbonyl (C=O) groups excluding carboxylic acids is 1. The Bertz CT molecular complexity index is 681. The van der Waals surface area contributed by atoms with Gasteiger partial charge >= 0.3 is 0 Å². The predicted octanol–water partition coefficient (Wildman–Crippen LogP) is 1.43. The van der Waals surface area contributed by atoms with E-state index in [4.69, 9.17) is 9.63 Å². The normalized spacial score (nSPS) is 15.7. The molecular weight excluding hydrogens is 315 g/mol. The van der Waals surface area contributed by atoms with Gasteiger partial charge in [0, 0.05) is 25.9 Å². The third-order valence-electron chi connectivity index (χ3n) is 4.18. The van der Waals surface area contributed by atoms with Crippen LogP contribution in [-0.2, 0) is 11.2 Å². The van der Waals surface area contributed by atoms with Crippen molar-refractivity contribution in [3.8, 4) is 11.5 Å². The average Bonchev–Trinajstić information content (AvgIpc) is 3.05. The van der Waals surface area contributed by atoms with Gasteiger partial charge in [-0.2, -0.15) is 4.98 Å². The van der Waals surface area contributed by atoms with Gasteiger partial charge in [0.15, 0.2) is 0 Å². The molecule has 0 bridgehead atoms. The zero-order valence-electron chi connectivity index (χ0n) is 13.2. The van der Waals surface area contributed by atoms with Crippen LogP contribution in [0.3, 0.4) is 0 Å². The molecule has 1 aliphatic rings. The lowest BCUT2D eigenvalue weighted by Crippen LogP contribution is -2.39. The minimum Gasteiger partial charge on any atom is -0.396 e. The summed E-state index contributed by atoms with van der Waals surface area (Å²) in [6, 6.07) is 2.81. The van der Waals surface area contributed by atoms with Crippen molar-refractivity contribution in [2.24, 2.45) is 5.92 Å². The number of aliphatic hydroxyl groups excluding tert-OH is 1. The molecule has 1 fully saturated rings. The Kier molecular flexibility index (Phi) is 5.14. The summed E-state index contributed by atoms with van der Waals surface area (Å²) in [6.45, 7) is 1.26. The summed E-state index contributed by atoms with van der Waals surface area (Å²) in [5.74, 6) is 0.831. The third-order valence-corrected chi connectivity index (χ3v) is 4.18. The van der Waals surface area contributed by atoms with Crippen LogP contribution >= 0.6 is 0 Å². The van der Waals surface area contributed by atoms with E-state index in [9.17, 15) is 9.18 Å². The quantitative estimate of drug-likeness (QED) is 0.889. The number of likely N-dealkylation sites (tertiary alicyclic amines) is 1. The van der Waals surface area contributed by atoms with Crippen molar-refractivity contribution in [3.63, 3.8) is 0 Å². The Balaban J connectivity index is 1.54. The Morgan fingerprint density at radius 2 is 2.17 bits per heavy atom. The fraction of sp³-hybridized carbons (Fsp3) is 0.500. The molecule has 8 heteroatoms. The monoisotopic (exact) mass is 334 g/mol. The van der Waals surface area contributed by atoms with Gasteiger partial charge in [0.25, 0.3) is 0 Å². The number of piperidine rings is 1. The molecule has 1 amide bonds. The van der Waals surface area contributed by atoms with Gasteiger partial charge in [0.1, 0.15) is 11.5 Å². The van der Waals surface area contributed by atoms with E-state index in [0.29, 0.717) is 42.8 Å². The second kappa shape index (κ2) is 7.48. The molecule has 1 aliphatic heterocycles. The first-order valence-corrected chi connectivity index (χ1v) is 7.99. The summed E-state index contributed by atoms with van der Waals surface area (Å²) >= 11 is 0. The van der Waals surface area contributed by atoms with Crippen LogP contribution in [0.1, 0.15) is 25.2 Å². The van der Waals surface area contributed by atoms with Gasteiger partial charge in [0.2, 0.25) is 17.6 Å². The Morgan fingerprint density at radius 1 is 1.38 bits per heavy atom. The third kappa shape index (κ3) is 3.94. The Hall–Kier alpha value is -2.35. The van der Waals surface area contributed by atoms with Crippen LogP contribution in [0, 0.1) is 11.7 Å². The van der Waals surface area contributed by atoms with E-state index in [-0.39, 0.29) is 18.9 Å². The fourth-order valence-electron chi connectivity index (χ4n) is 2.84. The van der Waals surface area contributed by atoms with Crippen LogP contribution < -0.4 is 0 Å². The van der Waals surface area contributed by atoms with E-state index >= 15 is 0 Å². The summed E-state index contributed by atoms with van der Waals surface area (Å²) in [7, 11) is 0. The maximum Gasteiger partial charge on any atom is 0.227 e. The average molecular weight is 334 g/mol. The van der Waals surface area contributed by atoms with Crippen LogP contribution in [0.15, 0.2) is 22.9 Å². The Morgan fingerprint density at radius 3 is 2.83 bits per heavy atom. The number of hydrogen-bond donors (Lipinski definition) is 1. The van der Waals surface area contributed by atoms with Crippen molar-refractivity contribution >= 4 is 5.91 Å². The summed E-state index contributed by atoms with van der Waals surface area (Å²) < 4.78 is 18.1. The molecule has 0 aromatic carbocycles. The molecule has 2 aromatic rings. The molecule has 0 saturated carbocycles. The lowest BCUT2D eigenvalue weighted by Gasteiger charge is -2.31. The van der Waals surface area contributed by atoms with Gasteiger partial charge in [-0.25, -0.2) is 9.37 Å². The number of nitrogens with zero attached hydrogens (tertiary/aromatic N) is 4. The number of rotatable bonds is 5. The second-order valence-electron chi connectivity index (χ2n) is 5.88. The number of hydrogen-bond acceptors (Lipinski definition) is 6. The van der Waals surface area contributed by atoms with E-state index in [0.717, 1.165) is 19.0 Å². The highest BCUT2D eigenvalue weighted by atomic mass is 19.1. The molecule has 128 valence electrons. The van der Waals surface area contributed by atoms with Gasteiger partial charge in [-0.3, -0.25) is 4.79 Å². The van der Waals surface area contributed by atoms with Crippen LogP contribution in [0.2, 0.25) is 0 Å². The molecule has 7 nitrogen and oxygen atoms in total. The summed E-state index contributed by atoms with van der Waals surface area (Å²) in [5.41, 5.74) is 0.468. The first-order chi connectivity index (χ1) is 11.7. The molecular formula is C16H19FN4O3. The molecule has 0 aliphatic carbocycles. The van der Waals surface area contributed by atoms with Gasteiger partial charge in [-0.05, 0) is 30.9 Å². The van der Waals surface area contributed by atoms with Crippen LogP contribution in [0.5, 0.6) is 0 Å². The van der Waals surface area contributed by atoms with Crippen LogP contribution in [0.4, 0.5) is 4.39 Å². The SMILES string of the molecule is O=C(CCO)N1CCC(Cc2nc(-c3ccc(F)cn3)no2)CC1. The topological polar surface area (TPSA) is 92.3 Å². The molecule has 0 atom stereocenters. The molecule has 24 heavy (non-hydrogen) atoms. The molecule has 3 rings (SSSR count). The highest BCUT2D eigenvalue weighted by Crippen LogP contribution is 2.22. The molecule has 1 saturated heterocycles. The number of halogens is 1. The van der Waals surface area contributed by atoms with Crippen LogP contribution in [-0.4, -0.2) is 50.7 Å². The summed E-state index contributed by atoms with van der Waals surface area (Å²) in [6.07, 6.45) is 3.68. The van der Waals surface area contributed by atoms with Gasteiger partial charge in [-0.15, -0.1) is 0 Å². The highest BCUT2D eigenvalue weighted by molar-refractivity contribution is 5.76. The molecule has 0 radical (unpaired) electrons. The van der Waals surface area contributed by atoms with Gasteiger partial charge in [-0.1, -0.05) is 5.16 Å². The van der Waals surface area contributed by atoms with Crippen molar-refractivity contribution < 1.29 is 18.8 Å². The number of aliphatic hydroxyl groups is 1. The van der Waals surface area contributed by atoms with E-state index in [1.807, 2.05) is 0 Å². The second-order valence-corrected chi connectivity index (χ2v) is 5.88. The molecule has 1 N–H and O–H groups in total. The van der Waals surface area contributed by atoms with Crippen LogP contribution in [0.25, 0.3) is 11.5 Å². The lowest BCUT2D eigenvalue weighted by atomic mass is 9.93. The van der Waals surface area contributed by atoms with Gasteiger partial charge < -0.3 is 14.5 Å². The smallest absolute Gasteiger partial charge is 0.227 e.